The number of imidazole rings is 1. The first-order valence-electron chi connectivity index (χ1n) is 6.42. The lowest BCUT2D eigenvalue weighted by Crippen LogP contribution is -1.93. The van der Waals surface area contributed by atoms with E-state index in [1.54, 1.807) is 30.3 Å². The maximum atomic E-state index is 10.2. The number of H-pyrrole nitrogens is 1. The number of aromatic nitrogens is 2. The molecule has 0 aliphatic heterocycles. The molecule has 2 aromatic rings. The van der Waals surface area contributed by atoms with E-state index in [0.29, 0.717) is 5.56 Å². The standard InChI is InChI=1S/C8H14N2.C7H6O2/c1-3-4-5-8-6-9-7(2)10-8;8-7(9)6-4-2-1-3-5-6/h6H,3-5H2,1-2H3,(H,9,10);1-5H,(H,8,9). The Morgan fingerprint density at radius 3 is 2.42 bits per heavy atom. The van der Waals surface area contributed by atoms with Gasteiger partial charge in [-0.25, -0.2) is 9.78 Å². The van der Waals surface area contributed by atoms with E-state index in [2.05, 4.69) is 16.9 Å². The van der Waals surface area contributed by atoms with Gasteiger partial charge in [-0.2, -0.15) is 0 Å². The molecule has 1 heterocycles. The summed E-state index contributed by atoms with van der Waals surface area (Å²) >= 11 is 0. The van der Waals surface area contributed by atoms with E-state index in [1.165, 1.54) is 18.5 Å². The van der Waals surface area contributed by atoms with Gasteiger partial charge in [0.2, 0.25) is 0 Å². The average molecular weight is 260 g/mol. The van der Waals surface area contributed by atoms with E-state index in [0.717, 1.165) is 12.2 Å². The molecule has 0 atom stereocenters. The van der Waals surface area contributed by atoms with Crippen LogP contribution in [-0.4, -0.2) is 21.0 Å². The number of carboxylic acids is 1. The number of rotatable bonds is 4. The Morgan fingerprint density at radius 2 is 2.00 bits per heavy atom. The molecule has 0 radical (unpaired) electrons. The summed E-state index contributed by atoms with van der Waals surface area (Å²) < 4.78 is 0. The van der Waals surface area contributed by atoms with Crippen molar-refractivity contribution in [1.82, 2.24) is 9.97 Å². The highest BCUT2D eigenvalue weighted by atomic mass is 16.4. The second-order valence-electron chi connectivity index (χ2n) is 4.25. The van der Waals surface area contributed by atoms with Crippen LogP contribution in [0.5, 0.6) is 0 Å². The summed E-state index contributed by atoms with van der Waals surface area (Å²) in [5.74, 6) is 0.140. The minimum absolute atomic E-state index is 0.331. The van der Waals surface area contributed by atoms with Crippen LogP contribution >= 0.6 is 0 Å². The Kier molecular flexibility index (Phi) is 6.36. The number of unbranched alkanes of at least 4 members (excludes halogenated alkanes) is 1. The largest absolute Gasteiger partial charge is 0.478 e. The highest BCUT2D eigenvalue weighted by molar-refractivity contribution is 5.87. The molecule has 0 aliphatic carbocycles. The molecule has 0 aliphatic rings. The van der Waals surface area contributed by atoms with Crippen molar-refractivity contribution in [2.75, 3.05) is 0 Å². The Morgan fingerprint density at radius 1 is 1.32 bits per heavy atom. The number of aromatic amines is 1. The van der Waals surface area contributed by atoms with Gasteiger partial charge in [-0.3, -0.25) is 0 Å². The summed E-state index contributed by atoms with van der Waals surface area (Å²) in [6.07, 6.45) is 5.59. The molecule has 0 saturated heterocycles. The number of aryl methyl sites for hydroxylation is 2. The minimum Gasteiger partial charge on any atom is -0.478 e. The SMILES string of the molecule is CCCCc1c[nH]c(C)n1.O=C(O)c1ccccc1. The van der Waals surface area contributed by atoms with Gasteiger partial charge in [0, 0.05) is 6.20 Å². The van der Waals surface area contributed by atoms with Crippen LogP contribution in [0.2, 0.25) is 0 Å². The maximum absolute atomic E-state index is 10.2. The van der Waals surface area contributed by atoms with Gasteiger partial charge >= 0.3 is 5.97 Å². The first-order chi connectivity index (χ1) is 9.13. The predicted octanol–water partition coefficient (Wildman–Crippen LogP) is 3.45. The van der Waals surface area contributed by atoms with Crippen molar-refractivity contribution in [1.29, 1.82) is 0 Å². The number of nitrogens with one attached hydrogen (secondary N) is 1. The normalized spacial score (nSPS) is 9.58. The maximum Gasteiger partial charge on any atom is 0.335 e. The molecule has 4 nitrogen and oxygen atoms in total. The fourth-order valence-corrected chi connectivity index (χ4v) is 1.53. The monoisotopic (exact) mass is 260 g/mol. The third-order valence-corrected chi connectivity index (χ3v) is 2.57. The molecule has 0 amide bonds. The second kappa shape index (κ2) is 8.08. The lowest BCUT2D eigenvalue weighted by Gasteiger charge is -1.89. The highest BCUT2D eigenvalue weighted by Gasteiger charge is 1.96. The van der Waals surface area contributed by atoms with E-state index in [9.17, 15) is 4.79 Å². The zero-order valence-corrected chi connectivity index (χ0v) is 11.4. The molecule has 0 unspecified atom stereocenters. The van der Waals surface area contributed by atoms with Crippen molar-refractivity contribution in [3.8, 4) is 0 Å². The van der Waals surface area contributed by atoms with Crippen molar-refractivity contribution >= 4 is 5.97 Å². The summed E-state index contributed by atoms with van der Waals surface area (Å²) in [7, 11) is 0. The van der Waals surface area contributed by atoms with Crippen LogP contribution in [0.25, 0.3) is 0 Å². The minimum atomic E-state index is -0.879. The molecule has 102 valence electrons. The second-order valence-corrected chi connectivity index (χ2v) is 4.25. The third-order valence-electron chi connectivity index (χ3n) is 2.57. The van der Waals surface area contributed by atoms with Gasteiger partial charge in [0.15, 0.2) is 0 Å². The molecule has 2 N–H and O–H groups in total. The van der Waals surface area contributed by atoms with Crippen molar-refractivity contribution in [2.45, 2.75) is 33.1 Å². The van der Waals surface area contributed by atoms with Gasteiger partial charge in [0.1, 0.15) is 5.82 Å². The quantitative estimate of drug-likeness (QED) is 0.884. The van der Waals surface area contributed by atoms with Crippen LogP contribution in [-0.2, 0) is 6.42 Å². The average Bonchev–Trinajstić information content (AvgIpc) is 2.84. The van der Waals surface area contributed by atoms with E-state index in [-0.39, 0.29) is 0 Å². The molecule has 0 bridgehead atoms. The Bertz CT molecular complexity index is 492. The summed E-state index contributed by atoms with van der Waals surface area (Å²) in [5, 5.41) is 8.38. The summed E-state index contributed by atoms with van der Waals surface area (Å²) in [6, 6.07) is 8.30. The van der Waals surface area contributed by atoms with Crippen molar-refractivity contribution in [3.63, 3.8) is 0 Å². The van der Waals surface area contributed by atoms with E-state index >= 15 is 0 Å². The summed E-state index contributed by atoms with van der Waals surface area (Å²) in [5.41, 5.74) is 1.52. The topological polar surface area (TPSA) is 66.0 Å². The molecule has 1 aromatic carbocycles. The zero-order chi connectivity index (χ0) is 14.1. The molecular formula is C15H20N2O2. The van der Waals surface area contributed by atoms with Crippen LogP contribution in [0.15, 0.2) is 36.5 Å². The van der Waals surface area contributed by atoms with Crippen molar-refractivity contribution in [3.05, 3.63) is 53.6 Å². The predicted molar refractivity (Wildman–Crippen MR) is 75.3 cm³/mol. The molecule has 0 saturated carbocycles. The van der Waals surface area contributed by atoms with Crippen molar-refractivity contribution < 1.29 is 9.90 Å². The molecular weight excluding hydrogens is 240 g/mol. The summed E-state index contributed by atoms with van der Waals surface area (Å²) in [6.45, 7) is 4.18. The molecule has 1 aromatic heterocycles. The van der Waals surface area contributed by atoms with Gasteiger partial charge < -0.3 is 10.1 Å². The van der Waals surface area contributed by atoms with Crippen LogP contribution < -0.4 is 0 Å². The van der Waals surface area contributed by atoms with E-state index < -0.39 is 5.97 Å². The lowest BCUT2D eigenvalue weighted by atomic mass is 10.2. The first-order valence-corrected chi connectivity index (χ1v) is 6.42. The van der Waals surface area contributed by atoms with Gasteiger partial charge in [-0.1, -0.05) is 31.5 Å². The van der Waals surface area contributed by atoms with Crippen LogP contribution in [0.4, 0.5) is 0 Å². The Balaban J connectivity index is 0.000000191. The molecule has 0 fully saturated rings. The van der Waals surface area contributed by atoms with Gasteiger partial charge in [0.05, 0.1) is 11.3 Å². The fraction of sp³-hybridized carbons (Fsp3) is 0.333. The number of hydrogen-bond acceptors (Lipinski definition) is 2. The highest BCUT2D eigenvalue weighted by Crippen LogP contribution is 2.01. The van der Waals surface area contributed by atoms with Crippen molar-refractivity contribution in [2.24, 2.45) is 0 Å². The van der Waals surface area contributed by atoms with Crippen LogP contribution in [0.1, 0.15) is 41.6 Å². The van der Waals surface area contributed by atoms with Gasteiger partial charge in [-0.15, -0.1) is 0 Å². The molecule has 0 spiro atoms. The van der Waals surface area contributed by atoms with E-state index in [4.69, 9.17) is 5.11 Å². The number of hydrogen-bond donors (Lipinski definition) is 2. The fourth-order valence-electron chi connectivity index (χ4n) is 1.53. The molecule has 4 heteroatoms. The van der Waals surface area contributed by atoms with Crippen LogP contribution in [0, 0.1) is 6.92 Å². The lowest BCUT2D eigenvalue weighted by molar-refractivity contribution is 0.0697. The van der Waals surface area contributed by atoms with Crippen LogP contribution in [0.3, 0.4) is 0 Å². The van der Waals surface area contributed by atoms with E-state index in [1.807, 2.05) is 13.1 Å². The number of carboxylic acid groups (broad SMARTS) is 1. The Hall–Kier alpha value is -2.10. The smallest absolute Gasteiger partial charge is 0.335 e. The number of nitrogens with zero attached hydrogens (tertiary/aromatic N) is 1. The number of aromatic carboxylic acids is 1. The zero-order valence-electron chi connectivity index (χ0n) is 11.4. The molecule has 19 heavy (non-hydrogen) atoms. The Labute approximate surface area is 113 Å². The third kappa shape index (κ3) is 5.86. The first kappa shape index (κ1) is 15.0. The van der Waals surface area contributed by atoms with Gasteiger partial charge in [0.25, 0.3) is 0 Å². The summed E-state index contributed by atoms with van der Waals surface area (Å²) in [4.78, 5) is 17.6. The molecule has 2 rings (SSSR count). The number of benzene rings is 1. The number of carbonyl (C=O) groups is 1. The van der Waals surface area contributed by atoms with Gasteiger partial charge in [-0.05, 0) is 31.9 Å².